The van der Waals surface area contributed by atoms with Crippen molar-refractivity contribution < 1.29 is 0 Å². The van der Waals surface area contributed by atoms with Crippen LogP contribution in [0.5, 0.6) is 0 Å². The number of fused-ring (bicyclic) bond motifs is 1. The zero-order valence-electron chi connectivity index (χ0n) is 15.5. The van der Waals surface area contributed by atoms with Gasteiger partial charge in [-0.2, -0.15) is 10.2 Å². The largest absolute Gasteiger partial charge is 0.366 e. The number of hydrogen-bond acceptors (Lipinski definition) is 5. The highest BCUT2D eigenvalue weighted by Gasteiger charge is 2.28. The smallest absolute Gasteiger partial charge is 0.267 e. The summed E-state index contributed by atoms with van der Waals surface area (Å²) in [6.45, 7) is 1.99. The minimum atomic E-state index is 0.0250. The molecule has 0 amide bonds. The summed E-state index contributed by atoms with van der Waals surface area (Å²) in [5.41, 5.74) is 3.10. The van der Waals surface area contributed by atoms with E-state index in [0.717, 1.165) is 48.4 Å². The molecule has 0 radical (unpaired) electrons. The standard InChI is InChI=1S/C20H24N6O/c1-13-12-18-20(21-10-11-25(18)23-13)22-15-4-6-16(7-5-15)26-19(27)9-8-17(24-26)14-2-3-14/h8-12,14-16H,2-7H2,1H3,(H,21,22). The van der Waals surface area contributed by atoms with Gasteiger partial charge in [0.2, 0.25) is 0 Å². The Morgan fingerprint density at radius 2 is 1.89 bits per heavy atom. The van der Waals surface area contributed by atoms with E-state index in [1.165, 1.54) is 12.8 Å². The molecule has 5 rings (SSSR count). The fourth-order valence-corrected chi connectivity index (χ4v) is 4.11. The van der Waals surface area contributed by atoms with Crippen molar-refractivity contribution in [3.8, 4) is 0 Å². The van der Waals surface area contributed by atoms with Crippen molar-refractivity contribution in [2.45, 2.75) is 63.5 Å². The third-order valence-corrected chi connectivity index (χ3v) is 5.74. The monoisotopic (exact) mass is 364 g/mol. The molecular weight excluding hydrogens is 340 g/mol. The molecule has 27 heavy (non-hydrogen) atoms. The minimum Gasteiger partial charge on any atom is -0.366 e. The molecule has 2 fully saturated rings. The third kappa shape index (κ3) is 3.22. The summed E-state index contributed by atoms with van der Waals surface area (Å²) < 4.78 is 3.60. The van der Waals surface area contributed by atoms with Crippen molar-refractivity contribution in [2.75, 3.05) is 5.32 Å². The van der Waals surface area contributed by atoms with E-state index in [4.69, 9.17) is 0 Å². The molecule has 0 bridgehead atoms. The molecule has 0 unspecified atom stereocenters. The van der Waals surface area contributed by atoms with Crippen LogP contribution in [-0.4, -0.2) is 30.4 Å². The number of aromatic nitrogens is 5. The molecule has 1 N–H and O–H groups in total. The van der Waals surface area contributed by atoms with Crippen molar-refractivity contribution in [2.24, 2.45) is 0 Å². The van der Waals surface area contributed by atoms with Crippen molar-refractivity contribution in [1.29, 1.82) is 0 Å². The number of aryl methyl sites for hydroxylation is 1. The van der Waals surface area contributed by atoms with Gasteiger partial charge in [-0.05, 0) is 57.6 Å². The highest BCUT2D eigenvalue weighted by molar-refractivity contribution is 5.68. The van der Waals surface area contributed by atoms with Gasteiger partial charge in [-0.1, -0.05) is 0 Å². The summed E-state index contributed by atoms with van der Waals surface area (Å²) in [7, 11) is 0. The van der Waals surface area contributed by atoms with Crippen LogP contribution in [-0.2, 0) is 0 Å². The molecule has 2 aliphatic carbocycles. The lowest BCUT2D eigenvalue weighted by Gasteiger charge is -2.30. The Labute approximate surface area is 157 Å². The lowest BCUT2D eigenvalue weighted by molar-refractivity contribution is 0.301. The van der Waals surface area contributed by atoms with E-state index >= 15 is 0 Å². The third-order valence-electron chi connectivity index (χ3n) is 5.74. The maximum atomic E-state index is 12.3. The molecule has 3 aromatic rings. The van der Waals surface area contributed by atoms with E-state index in [-0.39, 0.29) is 11.6 Å². The van der Waals surface area contributed by atoms with Gasteiger partial charge in [0.25, 0.3) is 5.56 Å². The summed E-state index contributed by atoms with van der Waals surface area (Å²) in [5.74, 6) is 1.45. The van der Waals surface area contributed by atoms with Crippen LogP contribution in [0.25, 0.3) is 5.52 Å². The van der Waals surface area contributed by atoms with Crippen LogP contribution in [0.4, 0.5) is 5.82 Å². The SMILES string of the molecule is Cc1cc2c(NC3CCC(n4nc(C5CC5)ccc4=O)CC3)nccn2n1. The van der Waals surface area contributed by atoms with Gasteiger partial charge in [0.1, 0.15) is 5.52 Å². The van der Waals surface area contributed by atoms with Crippen LogP contribution in [0.1, 0.15) is 61.9 Å². The molecule has 2 saturated carbocycles. The summed E-state index contributed by atoms with van der Waals surface area (Å²) in [5, 5.41) is 12.7. The van der Waals surface area contributed by atoms with Crippen LogP contribution < -0.4 is 10.9 Å². The van der Waals surface area contributed by atoms with Gasteiger partial charge in [0, 0.05) is 30.4 Å². The van der Waals surface area contributed by atoms with Crippen molar-refractivity contribution in [3.05, 3.63) is 52.3 Å². The predicted octanol–water partition coefficient (Wildman–Crippen LogP) is 3.07. The molecule has 3 heterocycles. The molecule has 7 heteroatoms. The second kappa shape index (κ2) is 6.48. The zero-order chi connectivity index (χ0) is 18.4. The Balaban J connectivity index is 1.29. The normalized spacial score (nSPS) is 22.9. The van der Waals surface area contributed by atoms with Gasteiger partial charge in [0.05, 0.1) is 17.4 Å². The first-order valence-electron chi connectivity index (χ1n) is 9.84. The Bertz CT molecular complexity index is 1030. The maximum Gasteiger partial charge on any atom is 0.267 e. The van der Waals surface area contributed by atoms with Crippen molar-refractivity contribution >= 4 is 11.3 Å². The first-order valence-corrected chi connectivity index (χ1v) is 9.84. The Morgan fingerprint density at radius 3 is 2.67 bits per heavy atom. The minimum absolute atomic E-state index is 0.0250. The maximum absolute atomic E-state index is 12.3. The topological polar surface area (TPSA) is 77.1 Å². The number of nitrogens with zero attached hydrogens (tertiary/aromatic N) is 5. The molecule has 0 aromatic carbocycles. The number of rotatable bonds is 4. The highest BCUT2D eigenvalue weighted by Crippen LogP contribution is 2.39. The van der Waals surface area contributed by atoms with Gasteiger partial charge in [-0.15, -0.1) is 0 Å². The molecule has 0 spiro atoms. The molecule has 7 nitrogen and oxygen atoms in total. The van der Waals surface area contributed by atoms with Crippen LogP contribution in [0.3, 0.4) is 0 Å². The van der Waals surface area contributed by atoms with E-state index in [0.29, 0.717) is 12.0 Å². The summed E-state index contributed by atoms with van der Waals surface area (Å²) >= 11 is 0. The molecule has 3 aromatic heterocycles. The summed E-state index contributed by atoms with van der Waals surface area (Å²) in [6.07, 6.45) is 9.98. The number of nitrogens with one attached hydrogen (secondary N) is 1. The lowest BCUT2D eigenvalue weighted by Crippen LogP contribution is -2.33. The van der Waals surface area contributed by atoms with E-state index in [2.05, 4.69) is 20.5 Å². The van der Waals surface area contributed by atoms with Gasteiger partial charge in [0.15, 0.2) is 5.82 Å². The summed E-state index contributed by atoms with van der Waals surface area (Å²) in [6, 6.07) is 6.21. The lowest BCUT2D eigenvalue weighted by atomic mass is 9.91. The van der Waals surface area contributed by atoms with Crippen LogP contribution in [0, 0.1) is 6.92 Å². The average Bonchev–Trinajstić information content (AvgIpc) is 3.44. The number of anilines is 1. The van der Waals surface area contributed by atoms with Gasteiger partial charge in [-0.3, -0.25) is 4.79 Å². The van der Waals surface area contributed by atoms with Crippen molar-refractivity contribution in [3.63, 3.8) is 0 Å². The van der Waals surface area contributed by atoms with Crippen molar-refractivity contribution in [1.82, 2.24) is 24.4 Å². The van der Waals surface area contributed by atoms with Crippen LogP contribution >= 0.6 is 0 Å². The second-order valence-corrected chi connectivity index (χ2v) is 7.86. The van der Waals surface area contributed by atoms with Crippen LogP contribution in [0.2, 0.25) is 0 Å². The van der Waals surface area contributed by atoms with Crippen LogP contribution in [0.15, 0.2) is 35.4 Å². The van der Waals surface area contributed by atoms with E-state index in [1.807, 2.05) is 29.8 Å². The molecule has 0 aliphatic heterocycles. The van der Waals surface area contributed by atoms with E-state index in [9.17, 15) is 4.79 Å². The molecule has 0 atom stereocenters. The quantitative estimate of drug-likeness (QED) is 0.770. The van der Waals surface area contributed by atoms with Gasteiger partial charge < -0.3 is 5.32 Å². The Morgan fingerprint density at radius 1 is 1.07 bits per heavy atom. The first kappa shape index (κ1) is 16.5. The van der Waals surface area contributed by atoms with E-state index < -0.39 is 0 Å². The zero-order valence-corrected chi connectivity index (χ0v) is 15.5. The Hall–Kier alpha value is -2.70. The number of hydrogen-bond donors (Lipinski definition) is 1. The van der Waals surface area contributed by atoms with Gasteiger partial charge >= 0.3 is 0 Å². The second-order valence-electron chi connectivity index (χ2n) is 7.86. The fraction of sp³-hybridized carbons (Fsp3) is 0.500. The highest BCUT2D eigenvalue weighted by atomic mass is 16.1. The van der Waals surface area contributed by atoms with E-state index in [1.54, 1.807) is 16.9 Å². The molecular formula is C20H24N6O. The Kier molecular flexibility index (Phi) is 3.95. The fourth-order valence-electron chi connectivity index (χ4n) is 4.11. The predicted molar refractivity (Wildman–Crippen MR) is 103 cm³/mol. The molecule has 2 aliphatic rings. The molecule has 0 saturated heterocycles. The van der Waals surface area contributed by atoms with Gasteiger partial charge in [-0.25, -0.2) is 14.2 Å². The molecule has 140 valence electrons. The average molecular weight is 364 g/mol. The first-order chi connectivity index (χ1) is 13.2. The summed E-state index contributed by atoms with van der Waals surface area (Å²) in [4.78, 5) is 16.8.